The molecule has 10 heteroatoms. The number of azo groups is 1. The monoisotopic (exact) mass is 323 g/mol. The van der Waals surface area contributed by atoms with Crippen LogP contribution in [0.2, 0.25) is 0 Å². The van der Waals surface area contributed by atoms with Crippen LogP contribution in [0.15, 0.2) is 57.6 Å². The normalized spacial score (nSPS) is 11.7. The van der Waals surface area contributed by atoms with E-state index in [4.69, 9.17) is 4.55 Å². The predicted octanol–water partition coefficient (Wildman–Crippen LogP) is 2.96. The average Bonchev–Trinajstić information content (AvgIpc) is 2.45. The zero-order chi connectivity index (χ0) is 16.3. The molecule has 0 bridgehead atoms. The fraction of sp³-hybridized carbons (Fsp3) is 0. The molecule has 0 aromatic heterocycles. The smallest absolute Gasteiger partial charge is 0.312 e. The lowest BCUT2D eigenvalue weighted by atomic mass is 10.2. The van der Waals surface area contributed by atoms with Crippen LogP contribution in [0.3, 0.4) is 0 Å². The highest BCUT2D eigenvalue weighted by Crippen LogP contribution is 2.30. The third-order valence-corrected chi connectivity index (χ3v) is 3.44. The van der Waals surface area contributed by atoms with Crippen molar-refractivity contribution in [3.8, 4) is 5.75 Å². The SMILES string of the molecule is O=[N+]([O-])c1cc(N=Nc2ccc(S(=O)(=O)O)cc2)ccc1O. The van der Waals surface area contributed by atoms with Crippen molar-refractivity contribution in [2.45, 2.75) is 4.90 Å². The molecule has 0 fully saturated rings. The summed E-state index contributed by atoms with van der Waals surface area (Å²) in [5.41, 5.74) is -0.0790. The van der Waals surface area contributed by atoms with Crippen LogP contribution >= 0.6 is 0 Å². The van der Waals surface area contributed by atoms with Crippen LogP contribution in [0.25, 0.3) is 0 Å². The van der Waals surface area contributed by atoms with Gasteiger partial charge in [-0.15, -0.1) is 0 Å². The van der Waals surface area contributed by atoms with E-state index in [1.807, 2.05) is 0 Å². The molecular formula is C12H9N3O6S. The average molecular weight is 323 g/mol. The minimum absolute atomic E-state index is 0.142. The second kappa shape index (κ2) is 5.87. The molecule has 0 amide bonds. The summed E-state index contributed by atoms with van der Waals surface area (Å²) in [7, 11) is -4.28. The first kappa shape index (κ1) is 15.5. The van der Waals surface area contributed by atoms with Gasteiger partial charge in [0.2, 0.25) is 0 Å². The van der Waals surface area contributed by atoms with Crippen LogP contribution in [-0.2, 0) is 10.1 Å². The Bertz CT molecular complexity index is 846. The summed E-state index contributed by atoms with van der Waals surface area (Å²) in [6.07, 6.45) is 0. The first-order valence-electron chi connectivity index (χ1n) is 5.74. The maximum Gasteiger partial charge on any atom is 0.312 e. The standard InChI is InChI=1S/C12H9N3O6S/c16-12-6-3-9(7-11(12)15(17)18)14-13-8-1-4-10(5-2-8)22(19,20)21/h1-7,16H,(H,19,20,21). The van der Waals surface area contributed by atoms with Crippen molar-refractivity contribution in [3.05, 3.63) is 52.6 Å². The molecule has 0 heterocycles. The molecule has 22 heavy (non-hydrogen) atoms. The lowest BCUT2D eigenvalue weighted by Crippen LogP contribution is -1.96. The summed E-state index contributed by atoms with van der Waals surface area (Å²) >= 11 is 0. The van der Waals surface area contributed by atoms with Crippen molar-refractivity contribution < 1.29 is 23.0 Å². The van der Waals surface area contributed by atoms with Gasteiger partial charge in [0.15, 0.2) is 5.75 Å². The van der Waals surface area contributed by atoms with Crippen molar-refractivity contribution in [1.29, 1.82) is 0 Å². The van der Waals surface area contributed by atoms with Gasteiger partial charge in [-0.25, -0.2) is 0 Å². The molecular weight excluding hydrogens is 314 g/mol. The topological polar surface area (TPSA) is 142 Å². The molecule has 0 aliphatic rings. The van der Waals surface area contributed by atoms with E-state index in [-0.39, 0.29) is 16.3 Å². The van der Waals surface area contributed by atoms with Crippen LogP contribution in [0.1, 0.15) is 0 Å². The van der Waals surface area contributed by atoms with E-state index in [0.29, 0.717) is 0 Å². The Labute approximate surface area is 124 Å². The predicted molar refractivity (Wildman–Crippen MR) is 75.2 cm³/mol. The first-order valence-corrected chi connectivity index (χ1v) is 7.18. The summed E-state index contributed by atoms with van der Waals surface area (Å²) in [4.78, 5) is 9.63. The second-order valence-electron chi connectivity index (χ2n) is 4.10. The number of nitro benzene ring substituents is 1. The zero-order valence-electron chi connectivity index (χ0n) is 10.8. The summed E-state index contributed by atoms with van der Waals surface area (Å²) in [6, 6.07) is 8.40. The highest BCUT2D eigenvalue weighted by Gasteiger charge is 2.13. The molecule has 0 aliphatic carbocycles. The van der Waals surface area contributed by atoms with Gasteiger partial charge in [-0.05, 0) is 36.4 Å². The molecule has 114 valence electrons. The fourth-order valence-electron chi connectivity index (χ4n) is 1.52. The number of hydrogen-bond acceptors (Lipinski definition) is 7. The lowest BCUT2D eigenvalue weighted by molar-refractivity contribution is -0.385. The number of aromatic hydroxyl groups is 1. The highest BCUT2D eigenvalue weighted by molar-refractivity contribution is 7.85. The summed E-state index contributed by atoms with van der Waals surface area (Å²) in [6.45, 7) is 0. The quantitative estimate of drug-likeness (QED) is 0.383. The molecule has 2 aromatic rings. The number of hydrogen-bond donors (Lipinski definition) is 2. The molecule has 0 unspecified atom stereocenters. The van der Waals surface area contributed by atoms with Gasteiger partial charge in [0.1, 0.15) is 0 Å². The maximum atomic E-state index is 10.9. The van der Waals surface area contributed by atoms with Crippen LogP contribution in [0.4, 0.5) is 17.1 Å². The van der Waals surface area contributed by atoms with Crippen LogP contribution in [0.5, 0.6) is 5.75 Å². The third-order valence-electron chi connectivity index (χ3n) is 2.57. The van der Waals surface area contributed by atoms with E-state index in [0.717, 1.165) is 24.3 Å². The Morgan fingerprint density at radius 3 is 2.09 bits per heavy atom. The molecule has 9 nitrogen and oxygen atoms in total. The Hall–Kier alpha value is -2.85. The molecule has 0 radical (unpaired) electrons. The van der Waals surface area contributed by atoms with Crippen LogP contribution in [-0.4, -0.2) is 23.0 Å². The van der Waals surface area contributed by atoms with Crippen molar-refractivity contribution in [3.63, 3.8) is 0 Å². The summed E-state index contributed by atoms with van der Waals surface area (Å²) in [5, 5.41) is 27.5. The molecule has 2 aromatic carbocycles. The highest BCUT2D eigenvalue weighted by atomic mass is 32.2. The largest absolute Gasteiger partial charge is 0.502 e. The number of rotatable bonds is 4. The van der Waals surface area contributed by atoms with Gasteiger partial charge < -0.3 is 5.11 Å². The van der Waals surface area contributed by atoms with E-state index >= 15 is 0 Å². The van der Waals surface area contributed by atoms with E-state index in [1.54, 1.807) is 0 Å². The molecule has 0 aliphatic heterocycles. The summed E-state index contributed by atoms with van der Waals surface area (Å²) < 4.78 is 30.6. The van der Waals surface area contributed by atoms with E-state index in [9.17, 15) is 23.6 Å². The number of benzene rings is 2. The number of phenols is 1. The molecule has 0 saturated heterocycles. The Kier molecular flexibility index (Phi) is 4.15. The van der Waals surface area contributed by atoms with Gasteiger partial charge in [-0.1, -0.05) is 0 Å². The van der Waals surface area contributed by atoms with Gasteiger partial charge in [0, 0.05) is 6.07 Å². The van der Waals surface area contributed by atoms with Crippen LogP contribution in [0, 0.1) is 10.1 Å². The Morgan fingerprint density at radius 2 is 1.55 bits per heavy atom. The minimum Gasteiger partial charge on any atom is -0.502 e. The van der Waals surface area contributed by atoms with Gasteiger partial charge in [0.25, 0.3) is 10.1 Å². The second-order valence-corrected chi connectivity index (χ2v) is 5.52. The minimum atomic E-state index is -4.28. The van der Waals surface area contributed by atoms with E-state index in [2.05, 4.69) is 10.2 Å². The summed E-state index contributed by atoms with van der Waals surface area (Å²) in [5.74, 6) is -0.485. The van der Waals surface area contributed by atoms with E-state index < -0.39 is 26.5 Å². The van der Waals surface area contributed by atoms with Gasteiger partial charge in [-0.2, -0.15) is 18.6 Å². The first-order chi connectivity index (χ1) is 10.3. The Balaban J connectivity index is 2.25. The van der Waals surface area contributed by atoms with Crippen molar-refractivity contribution >= 4 is 27.2 Å². The Morgan fingerprint density at radius 1 is 1.00 bits per heavy atom. The third kappa shape index (κ3) is 3.62. The lowest BCUT2D eigenvalue weighted by Gasteiger charge is -1.98. The van der Waals surface area contributed by atoms with Gasteiger partial charge in [0.05, 0.1) is 21.2 Å². The number of nitro groups is 1. The van der Waals surface area contributed by atoms with Crippen molar-refractivity contribution in [2.24, 2.45) is 10.2 Å². The number of nitrogens with zero attached hydrogens (tertiary/aromatic N) is 3. The fourth-order valence-corrected chi connectivity index (χ4v) is 2.00. The molecule has 2 rings (SSSR count). The van der Waals surface area contributed by atoms with Crippen molar-refractivity contribution in [1.82, 2.24) is 0 Å². The van der Waals surface area contributed by atoms with Gasteiger partial charge >= 0.3 is 5.69 Å². The van der Waals surface area contributed by atoms with Gasteiger partial charge in [-0.3, -0.25) is 14.7 Å². The van der Waals surface area contributed by atoms with E-state index in [1.165, 1.54) is 18.2 Å². The van der Waals surface area contributed by atoms with Crippen molar-refractivity contribution in [2.75, 3.05) is 0 Å². The molecule has 0 atom stereocenters. The van der Waals surface area contributed by atoms with Crippen LogP contribution < -0.4 is 0 Å². The molecule has 0 saturated carbocycles. The number of phenolic OH excluding ortho intramolecular Hbond substituents is 1. The molecule has 0 spiro atoms. The maximum absolute atomic E-state index is 10.9. The molecule has 2 N–H and O–H groups in total. The zero-order valence-corrected chi connectivity index (χ0v) is 11.6.